The molecule has 0 saturated carbocycles. The number of hydrogen-bond donors (Lipinski definition) is 1. The molecule has 1 aromatic rings. The van der Waals surface area contributed by atoms with Crippen LogP contribution in [-0.4, -0.2) is 55.3 Å². The van der Waals surface area contributed by atoms with E-state index in [1.165, 1.54) is 10.6 Å². The Bertz CT molecular complexity index is 537. The fraction of sp³-hybridized carbons (Fsp3) is 0.750. The molecule has 0 spiro atoms. The van der Waals surface area contributed by atoms with Gasteiger partial charge in [0.15, 0.2) is 5.13 Å². The molecule has 7 heteroatoms. The maximum atomic E-state index is 11.6. The van der Waals surface area contributed by atoms with Crippen molar-refractivity contribution in [2.45, 2.75) is 45.8 Å². The number of hydrogen-bond acceptors (Lipinski definition) is 6. The van der Waals surface area contributed by atoms with Crippen LogP contribution in [0.1, 0.15) is 37.8 Å². The van der Waals surface area contributed by atoms with Gasteiger partial charge in [-0.05, 0) is 27.2 Å². The lowest BCUT2D eigenvalue weighted by atomic mass is 10.2. The van der Waals surface area contributed by atoms with E-state index in [-0.39, 0.29) is 6.09 Å². The maximum Gasteiger partial charge on any atom is 0.407 e. The average Bonchev–Trinajstić information content (AvgIpc) is 2.85. The molecule has 2 heterocycles. The number of aromatic nitrogens is 1. The Morgan fingerprint density at radius 2 is 2.17 bits per heavy atom. The van der Waals surface area contributed by atoms with Crippen LogP contribution in [-0.2, 0) is 17.7 Å². The van der Waals surface area contributed by atoms with Gasteiger partial charge >= 0.3 is 6.09 Å². The minimum atomic E-state index is -0.441. The molecular formula is C16H28N4O2S. The van der Waals surface area contributed by atoms with Crippen LogP contribution in [0.5, 0.6) is 0 Å². The van der Waals surface area contributed by atoms with Crippen LogP contribution in [0.15, 0.2) is 0 Å². The van der Waals surface area contributed by atoms with Gasteiger partial charge in [0.2, 0.25) is 0 Å². The second-order valence-electron chi connectivity index (χ2n) is 7.07. The summed E-state index contributed by atoms with van der Waals surface area (Å²) in [5.41, 5.74) is 0.811. The van der Waals surface area contributed by atoms with E-state index >= 15 is 0 Å². The summed E-state index contributed by atoms with van der Waals surface area (Å²) in [6, 6.07) is 0. The third-order valence-electron chi connectivity index (χ3n) is 3.50. The number of thiazole rings is 1. The van der Waals surface area contributed by atoms with Crippen molar-refractivity contribution >= 4 is 22.6 Å². The molecular weight excluding hydrogens is 312 g/mol. The van der Waals surface area contributed by atoms with Crippen LogP contribution >= 0.6 is 11.3 Å². The van der Waals surface area contributed by atoms with Gasteiger partial charge in [-0.1, -0.05) is 0 Å². The summed E-state index contributed by atoms with van der Waals surface area (Å²) >= 11 is 1.78. The Morgan fingerprint density at radius 1 is 1.43 bits per heavy atom. The summed E-state index contributed by atoms with van der Waals surface area (Å²) in [5, 5.41) is 3.90. The van der Waals surface area contributed by atoms with E-state index in [0.29, 0.717) is 6.54 Å². The first-order valence-corrected chi connectivity index (χ1v) is 8.91. The molecule has 6 nitrogen and oxygen atoms in total. The molecule has 0 saturated heterocycles. The van der Waals surface area contributed by atoms with E-state index in [0.717, 1.165) is 37.6 Å². The maximum absolute atomic E-state index is 11.6. The molecule has 1 aromatic heterocycles. The lowest BCUT2D eigenvalue weighted by Crippen LogP contribution is -2.35. The van der Waals surface area contributed by atoms with Gasteiger partial charge in [0.05, 0.1) is 5.69 Å². The smallest absolute Gasteiger partial charge is 0.407 e. The van der Waals surface area contributed by atoms with Gasteiger partial charge < -0.3 is 15.0 Å². The average molecular weight is 340 g/mol. The molecule has 0 aliphatic carbocycles. The predicted molar refractivity (Wildman–Crippen MR) is 94.3 cm³/mol. The second-order valence-corrected chi connectivity index (χ2v) is 8.13. The minimum absolute atomic E-state index is 0.337. The van der Waals surface area contributed by atoms with Gasteiger partial charge in [0.1, 0.15) is 5.60 Å². The molecule has 130 valence electrons. The number of ether oxygens (including phenoxy) is 1. The van der Waals surface area contributed by atoms with E-state index in [2.05, 4.69) is 20.1 Å². The Hall–Kier alpha value is -1.34. The van der Waals surface area contributed by atoms with Crippen LogP contribution in [0.2, 0.25) is 0 Å². The minimum Gasteiger partial charge on any atom is -0.444 e. The number of fused-ring (bicyclic) bond motifs is 1. The fourth-order valence-electron chi connectivity index (χ4n) is 2.42. The Kier molecular flexibility index (Phi) is 5.86. The third kappa shape index (κ3) is 5.66. The van der Waals surface area contributed by atoms with E-state index in [9.17, 15) is 4.79 Å². The normalized spacial score (nSPS) is 15.2. The van der Waals surface area contributed by atoms with E-state index in [4.69, 9.17) is 4.74 Å². The number of rotatable bonds is 5. The number of amides is 1. The van der Waals surface area contributed by atoms with Crippen molar-refractivity contribution in [2.24, 2.45) is 0 Å². The van der Waals surface area contributed by atoms with Crippen LogP contribution in [0.25, 0.3) is 0 Å². The van der Waals surface area contributed by atoms with Crippen molar-refractivity contribution in [3.05, 3.63) is 10.6 Å². The number of carbonyl (C=O) groups is 1. The quantitative estimate of drug-likeness (QED) is 0.835. The van der Waals surface area contributed by atoms with Crippen molar-refractivity contribution in [2.75, 3.05) is 38.6 Å². The molecule has 1 amide bonds. The summed E-state index contributed by atoms with van der Waals surface area (Å²) in [4.78, 5) is 22.1. The van der Waals surface area contributed by atoms with Crippen molar-refractivity contribution in [1.29, 1.82) is 0 Å². The molecule has 1 aliphatic heterocycles. The molecule has 0 bridgehead atoms. The number of carbonyl (C=O) groups excluding carboxylic acids is 1. The topological polar surface area (TPSA) is 57.7 Å². The monoisotopic (exact) mass is 340 g/mol. The van der Waals surface area contributed by atoms with Gasteiger partial charge in [-0.25, -0.2) is 9.78 Å². The second kappa shape index (κ2) is 7.49. The van der Waals surface area contributed by atoms with Gasteiger partial charge in [-0.15, -0.1) is 11.3 Å². The van der Waals surface area contributed by atoms with Crippen molar-refractivity contribution < 1.29 is 9.53 Å². The molecule has 23 heavy (non-hydrogen) atoms. The zero-order valence-corrected chi connectivity index (χ0v) is 15.6. The van der Waals surface area contributed by atoms with Crippen molar-refractivity contribution in [3.63, 3.8) is 0 Å². The van der Waals surface area contributed by atoms with E-state index < -0.39 is 5.60 Å². The first-order valence-electron chi connectivity index (χ1n) is 8.10. The fourth-order valence-corrected chi connectivity index (χ4v) is 3.50. The standard InChI is InChI=1S/C16H28N4O2S/c1-16(2,3)22-15(21)17-8-6-9-20-10-7-12-13(11-20)23-14(18-12)19(4)5/h6-11H2,1-5H3,(H,17,21). The SMILES string of the molecule is CN(C)c1nc2c(s1)CN(CCCNC(=O)OC(C)(C)C)CC2. The van der Waals surface area contributed by atoms with Crippen molar-refractivity contribution in [1.82, 2.24) is 15.2 Å². The highest BCUT2D eigenvalue weighted by Crippen LogP contribution is 2.29. The van der Waals surface area contributed by atoms with Gasteiger partial charge in [0.25, 0.3) is 0 Å². The summed E-state index contributed by atoms with van der Waals surface area (Å²) in [6.07, 6.45) is 1.60. The largest absolute Gasteiger partial charge is 0.444 e. The number of nitrogens with zero attached hydrogens (tertiary/aromatic N) is 3. The van der Waals surface area contributed by atoms with Gasteiger partial charge in [-0.3, -0.25) is 4.90 Å². The van der Waals surface area contributed by atoms with Crippen LogP contribution in [0.4, 0.5) is 9.93 Å². The zero-order chi connectivity index (χ0) is 17.0. The van der Waals surface area contributed by atoms with Gasteiger partial charge in [-0.2, -0.15) is 0 Å². The third-order valence-corrected chi connectivity index (χ3v) is 4.75. The van der Waals surface area contributed by atoms with Crippen molar-refractivity contribution in [3.8, 4) is 0 Å². The Labute approximate surface area is 142 Å². The first kappa shape index (κ1) is 18.0. The molecule has 0 unspecified atom stereocenters. The number of anilines is 1. The van der Waals surface area contributed by atoms with Crippen LogP contribution in [0.3, 0.4) is 0 Å². The highest BCUT2D eigenvalue weighted by Gasteiger charge is 2.21. The number of alkyl carbamates (subject to hydrolysis) is 1. The Morgan fingerprint density at radius 3 is 2.83 bits per heavy atom. The lowest BCUT2D eigenvalue weighted by Gasteiger charge is -2.26. The zero-order valence-electron chi connectivity index (χ0n) is 14.8. The molecule has 1 aliphatic rings. The predicted octanol–water partition coefficient (Wildman–Crippen LogP) is 2.48. The number of nitrogens with one attached hydrogen (secondary N) is 1. The Balaban J connectivity index is 1.70. The lowest BCUT2D eigenvalue weighted by molar-refractivity contribution is 0.0525. The molecule has 1 N–H and O–H groups in total. The molecule has 0 fully saturated rings. The molecule has 2 rings (SSSR count). The van der Waals surface area contributed by atoms with Crippen LogP contribution < -0.4 is 10.2 Å². The summed E-state index contributed by atoms with van der Waals surface area (Å²) in [6.45, 7) is 9.23. The highest BCUT2D eigenvalue weighted by molar-refractivity contribution is 7.15. The van der Waals surface area contributed by atoms with Gasteiger partial charge in [0, 0.05) is 51.6 Å². The van der Waals surface area contributed by atoms with E-state index in [1.54, 1.807) is 11.3 Å². The molecule has 0 atom stereocenters. The summed E-state index contributed by atoms with van der Waals surface area (Å²) in [5.74, 6) is 0. The summed E-state index contributed by atoms with van der Waals surface area (Å²) < 4.78 is 5.23. The highest BCUT2D eigenvalue weighted by atomic mass is 32.1. The molecule has 0 aromatic carbocycles. The van der Waals surface area contributed by atoms with E-state index in [1.807, 2.05) is 34.9 Å². The molecule has 0 radical (unpaired) electrons. The first-order chi connectivity index (χ1) is 10.7. The summed E-state index contributed by atoms with van der Waals surface area (Å²) in [7, 11) is 4.06. The van der Waals surface area contributed by atoms with Crippen LogP contribution in [0, 0.1) is 0 Å².